The monoisotopic (exact) mass is 139 g/mol. The summed E-state index contributed by atoms with van der Waals surface area (Å²) in [5, 5.41) is 8.00. The fourth-order valence-corrected chi connectivity index (χ4v) is 0.533. The molecule has 8 heavy (non-hydrogen) atoms. The quantitative estimate of drug-likeness (QED) is 0.553. The highest BCUT2D eigenvalue weighted by Gasteiger charge is 2.14. The minimum Gasteiger partial charge on any atom is -0.390 e. The highest BCUT2D eigenvalue weighted by molar-refractivity contribution is 7.52. The molecule has 0 heterocycles. The Morgan fingerprint density at radius 3 is 2.50 bits per heavy atom. The highest BCUT2D eigenvalue weighted by Crippen LogP contribution is 2.40. The van der Waals surface area contributed by atoms with Gasteiger partial charge < -0.3 is 14.5 Å². The lowest BCUT2D eigenvalue weighted by atomic mass is 10.9. The Labute approximate surface area is 47.6 Å². The van der Waals surface area contributed by atoms with Crippen LogP contribution in [0, 0.1) is 6.61 Å². The minimum absolute atomic E-state index is 0.316. The maximum Gasteiger partial charge on any atom is 0.330 e. The molecule has 0 saturated carbocycles. The summed E-state index contributed by atoms with van der Waals surface area (Å²) < 4.78 is 14.4. The third-order valence-electron chi connectivity index (χ3n) is 0.598. The van der Waals surface area contributed by atoms with E-state index in [2.05, 4.69) is 4.52 Å². The van der Waals surface area contributed by atoms with Gasteiger partial charge in [0.25, 0.3) is 0 Å². The molecule has 1 unspecified atom stereocenters. The summed E-state index contributed by atoms with van der Waals surface area (Å²) in [6, 6.07) is 0. The Morgan fingerprint density at radius 1 is 1.88 bits per heavy atom. The van der Waals surface area contributed by atoms with Crippen LogP contribution in [-0.4, -0.2) is 23.3 Å². The third kappa shape index (κ3) is 3.16. The molecule has 4 nitrogen and oxygen atoms in total. The lowest BCUT2D eigenvalue weighted by Gasteiger charge is -2.03. The van der Waals surface area contributed by atoms with E-state index in [-0.39, 0.29) is 6.16 Å². The zero-order valence-electron chi connectivity index (χ0n) is 4.44. The van der Waals surface area contributed by atoms with Crippen LogP contribution in [0.25, 0.3) is 0 Å². The topological polar surface area (TPSA) is 66.8 Å². The summed E-state index contributed by atoms with van der Waals surface area (Å²) in [6.45, 7) is 0.601. The van der Waals surface area contributed by atoms with Crippen molar-refractivity contribution < 1.29 is 19.1 Å². The summed E-state index contributed by atoms with van der Waals surface area (Å²) in [5.41, 5.74) is 0. The van der Waals surface area contributed by atoms with Gasteiger partial charge in [0, 0.05) is 7.11 Å². The van der Waals surface area contributed by atoms with Crippen molar-refractivity contribution in [3.8, 4) is 0 Å². The SMILES string of the molecule is COP(=O)(O)C[CH]O. The van der Waals surface area contributed by atoms with Crippen LogP contribution in [-0.2, 0) is 9.09 Å². The molecule has 1 atom stereocenters. The van der Waals surface area contributed by atoms with Crippen molar-refractivity contribution in [3.05, 3.63) is 6.61 Å². The predicted molar refractivity (Wildman–Crippen MR) is 27.9 cm³/mol. The molecule has 49 valence electrons. The molecular formula is C3H8O4P. The molecule has 0 aromatic carbocycles. The molecule has 0 saturated heterocycles. The normalized spacial score (nSPS) is 17.9. The number of hydrogen-bond donors (Lipinski definition) is 2. The highest BCUT2D eigenvalue weighted by atomic mass is 31.2. The average Bonchev–Trinajstić information content (AvgIpc) is 1.67. The minimum atomic E-state index is -3.48. The van der Waals surface area contributed by atoms with Crippen LogP contribution >= 0.6 is 7.60 Å². The first-order valence-corrected chi connectivity index (χ1v) is 3.72. The fraction of sp³-hybridized carbons (Fsp3) is 0.667. The van der Waals surface area contributed by atoms with Crippen LogP contribution in [0.15, 0.2) is 0 Å². The number of aliphatic hydroxyl groups is 1. The average molecular weight is 139 g/mol. The van der Waals surface area contributed by atoms with Crippen LogP contribution in [0.2, 0.25) is 0 Å². The van der Waals surface area contributed by atoms with Gasteiger partial charge in [0.15, 0.2) is 0 Å². The second-order valence-corrected chi connectivity index (χ2v) is 3.19. The van der Waals surface area contributed by atoms with Gasteiger partial charge in [0.05, 0.1) is 12.8 Å². The molecule has 0 aliphatic heterocycles. The van der Waals surface area contributed by atoms with Crippen molar-refractivity contribution in [1.29, 1.82) is 0 Å². The van der Waals surface area contributed by atoms with Gasteiger partial charge in [-0.05, 0) is 0 Å². The van der Waals surface area contributed by atoms with Gasteiger partial charge in [-0.15, -0.1) is 0 Å². The van der Waals surface area contributed by atoms with Crippen molar-refractivity contribution in [3.63, 3.8) is 0 Å². The molecule has 0 aliphatic carbocycles. The molecule has 0 aliphatic rings. The molecule has 0 rings (SSSR count). The Morgan fingerprint density at radius 2 is 2.38 bits per heavy atom. The van der Waals surface area contributed by atoms with Crippen molar-refractivity contribution in [2.75, 3.05) is 13.3 Å². The fourth-order valence-electron chi connectivity index (χ4n) is 0.178. The molecule has 0 aromatic heterocycles. The molecule has 0 amide bonds. The molecule has 0 fully saturated rings. The first-order chi connectivity index (χ1) is 3.62. The zero-order valence-corrected chi connectivity index (χ0v) is 5.34. The summed E-state index contributed by atoms with van der Waals surface area (Å²) in [6.07, 6.45) is -0.316. The van der Waals surface area contributed by atoms with Gasteiger partial charge >= 0.3 is 7.60 Å². The van der Waals surface area contributed by atoms with Gasteiger partial charge in [0.2, 0.25) is 0 Å². The second-order valence-electron chi connectivity index (χ2n) is 1.19. The summed E-state index contributed by atoms with van der Waals surface area (Å²) in [4.78, 5) is 8.47. The second kappa shape index (κ2) is 3.20. The zero-order chi connectivity index (χ0) is 6.62. The van der Waals surface area contributed by atoms with Crippen molar-refractivity contribution in [1.82, 2.24) is 0 Å². The van der Waals surface area contributed by atoms with Gasteiger partial charge in [-0.2, -0.15) is 0 Å². The first kappa shape index (κ1) is 8.11. The van der Waals surface area contributed by atoms with Gasteiger partial charge in [-0.3, -0.25) is 4.57 Å². The van der Waals surface area contributed by atoms with E-state index in [9.17, 15) is 4.57 Å². The van der Waals surface area contributed by atoms with E-state index >= 15 is 0 Å². The van der Waals surface area contributed by atoms with Crippen molar-refractivity contribution in [2.45, 2.75) is 0 Å². The maximum atomic E-state index is 10.3. The smallest absolute Gasteiger partial charge is 0.330 e. The van der Waals surface area contributed by atoms with Gasteiger partial charge in [0.1, 0.15) is 0 Å². The summed E-state index contributed by atoms with van der Waals surface area (Å²) in [5.74, 6) is 0. The van der Waals surface area contributed by atoms with Crippen LogP contribution in [0.1, 0.15) is 0 Å². The molecule has 0 bridgehead atoms. The summed E-state index contributed by atoms with van der Waals surface area (Å²) >= 11 is 0. The number of rotatable bonds is 3. The van der Waals surface area contributed by atoms with Crippen LogP contribution in [0.4, 0.5) is 0 Å². The standard InChI is InChI=1S/C3H8O4P/c1-7-8(5,6)3-2-4/h2,4H,3H2,1H3,(H,5,6). The maximum absolute atomic E-state index is 10.3. The molecule has 0 spiro atoms. The molecule has 5 heteroatoms. The van der Waals surface area contributed by atoms with Crippen LogP contribution in [0.3, 0.4) is 0 Å². The van der Waals surface area contributed by atoms with E-state index in [0.717, 1.165) is 7.11 Å². The van der Waals surface area contributed by atoms with E-state index in [0.29, 0.717) is 6.61 Å². The predicted octanol–water partition coefficient (Wildman–Crippen LogP) is 0.352. The van der Waals surface area contributed by atoms with E-state index in [1.165, 1.54) is 0 Å². The molecule has 1 radical (unpaired) electrons. The van der Waals surface area contributed by atoms with Crippen LogP contribution in [0.5, 0.6) is 0 Å². The lowest BCUT2D eigenvalue weighted by Crippen LogP contribution is -1.90. The van der Waals surface area contributed by atoms with E-state index in [4.69, 9.17) is 10.00 Å². The largest absolute Gasteiger partial charge is 0.390 e. The number of hydrogen-bond acceptors (Lipinski definition) is 3. The van der Waals surface area contributed by atoms with Crippen LogP contribution < -0.4 is 0 Å². The van der Waals surface area contributed by atoms with E-state index in [1.807, 2.05) is 0 Å². The van der Waals surface area contributed by atoms with Crippen molar-refractivity contribution >= 4 is 7.60 Å². The Kier molecular flexibility index (Phi) is 3.24. The molecular weight excluding hydrogens is 131 g/mol. The van der Waals surface area contributed by atoms with Crippen molar-refractivity contribution in [2.24, 2.45) is 0 Å². The first-order valence-electron chi connectivity index (χ1n) is 1.96. The van der Waals surface area contributed by atoms with Gasteiger partial charge in [-0.1, -0.05) is 0 Å². The number of aliphatic hydroxyl groups excluding tert-OH is 1. The Bertz CT molecular complexity index is 101. The Balaban J connectivity index is 3.55. The summed E-state index contributed by atoms with van der Waals surface area (Å²) in [7, 11) is -2.36. The van der Waals surface area contributed by atoms with E-state index in [1.54, 1.807) is 0 Å². The molecule has 0 aromatic rings. The van der Waals surface area contributed by atoms with E-state index < -0.39 is 7.60 Å². The molecule has 2 N–H and O–H groups in total. The third-order valence-corrected chi connectivity index (χ3v) is 1.79. The Hall–Kier alpha value is 0.110. The van der Waals surface area contributed by atoms with Gasteiger partial charge in [-0.25, -0.2) is 0 Å². The lowest BCUT2D eigenvalue weighted by molar-refractivity contribution is 0.307.